The lowest BCUT2D eigenvalue weighted by molar-refractivity contribution is -0.142. The highest BCUT2D eigenvalue weighted by Gasteiger charge is 2.44. The van der Waals surface area contributed by atoms with E-state index in [1.807, 2.05) is 35.2 Å². The molecule has 0 bridgehead atoms. The van der Waals surface area contributed by atoms with Crippen molar-refractivity contribution < 1.29 is 9.59 Å². The monoisotopic (exact) mass is 276 g/mol. The van der Waals surface area contributed by atoms with E-state index < -0.39 is 11.6 Å². The number of nitrogens with two attached hydrogens (primary N) is 1. The van der Waals surface area contributed by atoms with Crippen LogP contribution in [0.2, 0.25) is 0 Å². The van der Waals surface area contributed by atoms with Gasteiger partial charge in [-0.1, -0.05) is 30.3 Å². The minimum Gasteiger partial charge on any atom is -0.353 e. The van der Waals surface area contributed by atoms with E-state index in [-0.39, 0.29) is 11.8 Å². The van der Waals surface area contributed by atoms with Gasteiger partial charge in [-0.2, -0.15) is 0 Å². The van der Waals surface area contributed by atoms with Crippen LogP contribution in [-0.2, 0) is 9.59 Å². The zero-order valence-electron chi connectivity index (χ0n) is 11.7. The molecule has 2 rings (SSSR count). The number of hydrogen-bond acceptors (Lipinski definition) is 4. The number of hydrogen-bond donors (Lipinski definition) is 3. The molecule has 1 atom stereocenters. The zero-order chi connectivity index (χ0) is 14.8. The molecule has 108 valence electrons. The molecule has 0 radical (unpaired) electrons. The quantitative estimate of drug-likeness (QED) is 0.410. The van der Waals surface area contributed by atoms with E-state index >= 15 is 0 Å². The number of carbonyl (C=O) groups excluding carboxylic acids is 2. The molecule has 1 aromatic rings. The number of amides is 2. The van der Waals surface area contributed by atoms with E-state index in [1.54, 1.807) is 13.8 Å². The molecule has 4 N–H and O–H groups in total. The van der Waals surface area contributed by atoms with Crippen molar-refractivity contribution in [3.05, 3.63) is 35.9 Å². The van der Waals surface area contributed by atoms with Crippen molar-refractivity contribution in [2.24, 2.45) is 5.84 Å². The van der Waals surface area contributed by atoms with Gasteiger partial charge in [-0.3, -0.25) is 19.9 Å². The number of hydrazine groups is 1. The SMILES string of the molecule is CC1(C)C(=O)NCCN1C(C(=O)NN)c1ccccc1. The summed E-state index contributed by atoms with van der Waals surface area (Å²) < 4.78 is 0. The Hall–Kier alpha value is -1.92. The van der Waals surface area contributed by atoms with Gasteiger partial charge in [0.1, 0.15) is 6.04 Å². The third-order valence-corrected chi connectivity index (χ3v) is 3.73. The number of nitrogens with one attached hydrogen (secondary N) is 2. The first kappa shape index (κ1) is 14.5. The summed E-state index contributed by atoms with van der Waals surface area (Å²) in [4.78, 5) is 26.1. The van der Waals surface area contributed by atoms with Gasteiger partial charge in [0.2, 0.25) is 5.91 Å². The maximum Gasteiger partial charge on any atom is 0.255 e. The molecule has 6 nitrogen and oxygen atoms in total. The van der Waals surface area contributed by atoms with Gasteiger partial charge < -0.3 is 5.32 Å². The molecule has 0 aliphatic carbocycles. The third kappa shape index (κ3) is 2.52. The Bertz CT molecular complexity index is 501. The standard InChI is InChI=1S/C14H20N4O2/c1-14(2)13(20)16-8-9-18(14)11(12(19)17-15)10-6-4-3-5-7-10/h3-7,11H,8-9,15H2,1-2H3,(H,16,20)(H,17,19). The summed E-state index contributed by atoms with van der Waals surface area (Å²) in [6.45, 7) is 4.72. The summed E-state index contributed by atoms with van der Waals surface area (Å²) in [6.07, 6.45) is 0. The van der Waals surface area contributed by atoms with Crippen molar-refractivity contribution in [2.45, 2.75) is 25.4 Å². The Morgan fingerprint density at radius 2 is 2.05 bits per heavy atom. The van der Waals surface area contributed by atoms with Crippen molar-refractivity contribution in [1.29, 1.82) is 0 Å². The first-order valence-corrected chi connectivity index (χ1v) is 6.59. The van der Waals surface area contributed by atoms with E-state index in [9.17, 15) is 9.59 Å². The number of piperazine rings is 1. The van der Waals surface area contributed by atoms with Crippen LogP contribution < -0.4 is 16.6 Å². The second kappa shape index (κ2) is 5.60. The molecule has 1 saturated heterocycles. The van der Waals surface area contributed by atoms with Crippen LogP contribution in [0.15, 0.2) is 30.3 Å². The summed E-state index contributed by atoms with van der Waals surface area (Å²) in [5, 5.41) is 2.82. The molecule has 6 heteroatoms. The van der Waals surface area contributed by atoms with Gasteiger partial charge in [0.05, 0.1) is 5.54 Å². The van der Waals surface area contributed by atoms with Gasteiger partial charge in [-0.15, -0.1) is 0 Å². The average molecular weight is 276 g/mol. The van der Waals surface area contributed by atoms with Gasteiger partial charge in [0, 0.05) is 13.1 Å². The average Bonchev–Trinajstić information content (AvgIpc) is 2.45. The van der Waals surface area contributed by atoms with Gasteiger partial charge in [-0.05, 0) is 19.4 Å². The van der Waals surface area contributed by atoms with Gasteiger partial charge in [0.15, 0.2) is 0 Å². The van der Waals surface area contributed by atoms with Crippen molar-refractivity contribution in [3.8, 4) is 0 Å². The van der Waals surface area contributed by atoms with Crippen LogP contribution in [0.1, 0.15) is 25.5 Å². The largest absolute Gasteiger partial charge is 0.353 e. The Morgan fingerprint density at radius 3 is 2.65 bits per heavy atom. The topological polar surface area (TPSA) is 87.5 Å². The molecular weight excluding hydrogens is 256 g/mol. The lowest BCUT2D eigenvalue weighted by atomic mass is 9.93. The summed E-state index contributed by atoms with van der Waals surface area (Å²) in [5.41, 5.74) is 2.25. The van der Waals surface area contributed by atoms with Gasteiger partial charge >= 0.3 is 0 Å². The summed E-state index contributed by atoms with van der Waals surface area (Å²) >= 11 is 0. The highest BCUT2D eigenvalue weighted by molar-refractivity contribution is 5.89. The fraction of sp³-hybridized carbons (Fsp3) is 0.429. The highest BCUT2D eigenvalue weighted by atomic mass is 16.2. The van der Waals surface area contributed by atoms with Crippen LogP contribution in [0.4, 0.5) is 0 Å². The Kier molecular flexibility index (Phi) is 4.06. The molecule has 20 heavy (non-hydrogen) atoms. The lowest BCUT2D eigenvalue weighted by Crippen LogP contribution is -2.64. The Balaban J connectivity index is 2.41. The number of nitrogens with zero attached hydrogens (tertiary/aromatic N) is 1. The molecule has 0 spiro atoms. The molecule has 0 saturated carbocycles. The van der Waals surface area contributed by atoms with Crippen molar-refractivity contribution >= 4 is 11.8 Å². The van der Waals surface area contributed by atoms with Gasteiger partial charge in [0.25, 0.3) is 5.91 Å². The van der Waals surface area contributed by atoms with Crippen LogP contribution in [0, 0.1) is 0 Å². The molecule has 1 fully saturated rings. The predicted octanol–water partition coefficient (Wildman–Crippen LogP) is -0.0720. The molecule has 1 unspecified atom stereocenters. The number of carbonyl (C=O) groups is 2. The summed E-state index contributed by atoms with van der Waals surface area (Å²) in [5.74, 6) is 4.90. The zero-order valence-corrected chi connectivity index (χ0v) is 11.7. The van der Waals surface area contributed by atoms with Crippen molar-refractivity contribution in [1.82, 2.24) is 15.6 Å². The molecule has 1 heterocycles. The second-order valence-electron chi connectivity index (χ2n) is 5.33. The first-order chi connectivity index (χ1) is 9.48. The number of benzene rings is 1. The smallest absolute Gasteiger partial charge is 0.255 e. The van der Waals surface area contributed by atoms with Gasteiger partial charge in [-0.25, -0.2) is 5.84 Å². The van der Waals surface area contributed by atoms with E-state index in [2.05, 4.69) is 10.7 Å². The fourth-order valence-corrected chi connectivity index (χ4v) is 2.56. The van der Waals surface area contributed by atoms with E-state index in [0.717, 1.165) is 5.56 Å². The molecule has 1 aliphatic rings. The van der Waals surface area contributed by atoms with Crippen LogP contribution in [0.25, 0.3) is 0 Å². The predicted molar refractivity (Wildman–Crippen MR) is 75.3 cm³/mol. The maximum absolute atomic E-state index is 12.2. The number of rotatable bonds is 3. The van der Waals surface area contributed by atoms with Crippen molar-refractivity contribution in [3.63, 3.8) is 0 Å². The van der Waals surface area contributed by atoms with E-state index in [1.165, 1.54) is 0 Å². The van der Waals surface area contributed by atoms with Crippen LogP contribution in [-0.4, -0.2) is 35.3 Å². The summed E-state index contributed by atoms with van der Waals surface area (Å²) in [7, 11) is 0. The Morgan fingerprint density at radius 1 is 1.40 bits per heavy atom. The normalized spacial score (nSPS) is 20.1. The van der Waals surface area contributed by atoms with E-state index in [0.29, 0.717) is 13.1 Å². The van der Waals surface area contributed by atoms with Crippen LogP contribution >= 0.6 is 0 Å². The third-order valence-electron chi connectivity index (χ3n) is 3.73. The molecule has 0 aromatic heterocycles. The van der Waals surface area contributed by atoms with Crippen LogP contribution in [0.5, 0.6) is 0 Å². The minimum atomic E-state index is -0.773. The van der Waals surface area contributed by atoms with Crippen molar-refractivity contribution in [2.75, 3.05) is 13.1 Å². The fourth-order valence-electron chi connectivity index (χ4n) is 2.56. The lowest BCUT2D eigenvalue weighted by Gasteiger charge is -2.44. The first-order valence-electron chi connectivity index (χ1n) is 6.59. The highest BCUT2D eigenvalue weighted by Crippen LogP contribution is 2.30. The maximum atomic E-state index is 12.2. The minimum absolute atomic E-state index is 0.0884. The molecule has 1 aromatic carbocycles. The Labute approximate surface area is 118 Å². The second-order valence-corrected chi connectivity index (χ2v) is 5.33. The van der Waals surface area contributed by atoms with Crippen LogP contribution in [0.3, 0.4) is 0 Å². The van der Waals surface area contributed by atoms with E-state index in [4.69, 9.17) is 5.84 Å². The summed E-state index contributed by atoms with van der Waals surface area (Å²) in [6, 6.07) is 8.76. The molecular formula is C14H20N4O2. The molecule has 2 amide bonds. The molecule has 1 aliphatic heterocycles.